The van der Waals surface area contributed by atoms with Crippen LogP contribution in [-0.4, -0.2) is 29.5 Å². The normalized spacial score (nSPS) is 11.6. The van der Waals surface area contributed by atoms with Crippen LogP contribution in [0.4, 0.5) is 4.79 Å². The Morgan fingerprint density at radius 3 is 2.56 bits per heavy atom. The molecule has 0 saturated carbocycles. The van der Waals surface area contributed by atoms with Gasteiger partial charge in [-0.15, -0.1) is 11.3 Å². The number of nitrogens with one attached hydrogen (secondary N) is 1. The van der Waals surface area contributed by atoms with E-state index in [1.54, 1.807) is 11.8 Å². The third kappa shape index (κ3) is 6.07. The molecule has 1 aromatic heterocycles. The SMILES string of the molecule is CCN(Cc1ccc(Cl)s1)C(=O)[C@H](C)NC(=O)OCc1ccccc1. The largest absolute Gasteiger partial charge is 0.445 e. The second-order valence-corrected chi connectivity index (χ2v) is 7.29. The molecule has 0 unspecified atom stereocenters. The van der Waals surface area contributed by atoms with E-state index in [0.29, 0.717) is 17.4 Å². The Labute approximate surface area is 156 Å². The van der Waals surface area contributed by atoms with Gasteiger partial charge in [-0.3, -0.25) is 4.79 Å². The molecule has 1 heterocycles. The molecule has 25 heavy (non-hydrogen) atoms. The summed E-state index contributed by atoms with van der Waals surface area (Å²) in [7, 11) is 0. The van der Waals surface area contributed by atoms with Gasteiger partial charge in [0.15, 0.2) is 0 Å². The first kappa shape index (κ1) is 19.3. The predicted octanol–water partition coefficient (Wildman–Crippen LogP) is 4.06. The van der Waals surface area contributed by atoms with Crippen LogP contribution in [0, 0.1) is 0 Å². The van der Waals surface area contributed by atoms with E-state index >= 15 is 0 Å². The highest BCUT2D eigenvalue weighted by atomic mass is 35.5. The number of hydrogen-bond donors (Lipinski definition) is 1. The molecule has 0 fully saturated rings. The first-order chi connectivity index (χ1) is 12.0. The number of carbonyl (C=O) groups is 2. The Balaban J connectivity index is 1.83. The summed E-state index contributed by atoms with van der Waals surface area (Å²) in [6.07, 6.45) is -0.611. The maximum absolute atomic E-state index is 12.5. The zero-order chi connectivity index (χ0) is 18.2. The average molecular weight is 381 g/mol. The fraction of sp³-hybridized carbons (Fsp3) is 0.333. The van der Waals surface area contributed by atoms with Crippen molar-refractivity contribution in [3.8, 4) is 0 Å². The van der Waals surface area contributed by atoms with E-state index < -0.39 is 12.1 Å². The minimum atomic E-state index is -0.668. The number of ether oxygens (including phenoxy) is 1. The summed E-state index contributed by atoms with van der Waals surface area (Å²) >= 11 is 7.36. The van der Waals surface area contributed by atoms with Gasteiger partial charge >= 0.3 is 6.09 Å². The van der Waals surface area contributed by atoms with E-state index in [0.717, 1.165) is 10.4 Å². The number of thiophene rings is 1. The van der Waals surface area contributed by atoms with Crippen molar-refractivity contribution in [1.29, 1.82) is 0 Å². The molecule has 0 saturated heterocycles. The zero-order valence-electron chi connectivity index (χ0n) is 14.2. The van der Waals surface area contributed by atoms with E-state index in [1.165, 1.54) is 11.3 Å². The number of benzene rings is 1. The van der Waals surface area contributed by atoms with Gasteiger partial charge < -0.3 is 15.0 Å². The van der Waals surface area contributed by atoms with Crippen LogP contribution in [0.3, 0.4) is 0 Å². The number of rotatable bonds is 7. The first-order valence-corrected chi connectivity index (χ1v) is 9.19. The van der Waals surface area contributed by atoms with Crippen molar-refractivity contribution in [3.05, 3.63) is 57.2 Å². The van der Waals surface area contributed by atoms with Crippen LogP contribution in [0.2, 0.25) is 4.34 Å². The molecule has 0 aliphatic carbocycles. The summed E-state index contributed by atoms with van der Waals surface area (Å²) in [6.45, 7) is 4.72. The summed E-state index contributed by atoms with van der Waals surface area (Å²) in [5.41, 5.74) is 0.890. The number of nitrogens with zero attached hydrogens (tertiary/aromatic N) is 1. The molecule has 1 atom stereocenters. The number of alkyl carbamates (subject to hydrolysis) is 1. The van der Waals surface area contributed by atoms with Gasteiger partial charge in [-0.25, -0.2) is 4.79 Å². The van der Waals surface area contributed by atoms with Crippen LogP contribution >= 0.6 is 22.9 Å². The molecule has 2 aromatic rings. The Kier molecular flexibility index (Phi) is 7.28. The molecular formula is C18H21ClN2O3S. The van der Waals surface area contributed by atoms with E-state index in [1.807, 2.05) is 49.4 Å². The van der Waals surface area contributed by atoms with Gasteiger partial charge in [0.25, 0.3) is 0 Å². The molecule has 2 amide bonds. The van der Waals surface area contributed by atoms with Gasteiger partial charge in [0, 0.05) is 11.4 Å². The molecule has 2 rings (SSSR count). The van der Waals surface area contributed by atoms with Gasteiger partial charge in [0.1, 0.15) is 12.6 Å². The molecule has 1 aromatic carbocycles. The van der Waals surface area contributed by atoms with Crippen LogP contribution in [0.25, 0.3) is 0 Å². The third-order valence-electron chi connectivity index (χ3n) is 3.59. The molecule has 0 aliphatic heterocycles. The second-order valence-electron chi connectivity index (χ2n) is 5.49. The van der Waals surface area contributed by atoms with E-state index in [-0.39, 0.29) is 12.5 Å². The van der Waals surface area contributed by atoms with Crippen LogP contribution in [0.1, 0.15) is 24.3 Å². The topological polar surface area (TPSA) is 58.6 Å². The van der Waals surface area contributed by atoms with Crippen molar-refractivity contribution in [1.82, 2.24) is 10.2 Å². The second kappa shape index (κ2) is 9.44. The molecule has 1 N–H and O–H groups in total. The molecule has 0 bridgehead atoms. The number of carbonyl (C=O) groups excluding carboxylic acids is 2. The van der Waals surface area contributed by atoms with Crippen molar-refractivity contribution < 1.29 is 14.3 Å². The molecule has 7 heteroatoms. The third-order valence-corrected chi connectivity index (χ3v) is 4.80. The summed E-state index contributed by atoms with van der Waals surface area (Å²) in [6, 6.07) is 12.4. The van der Waals surface area contributed by atoms with Gasteiger partial charge in [-0.1, -0.05) is 41.9 Å². The minimum absolute atomic E-state index is 0.163. The number of amides is 2. The Bertz CT molecular complexity index is 705. The Morgan fingerprint density at radius 2 is 1.96 bits per heavy atom. The molecule has 134 valence electrons. The quantitative estimate of drug-likeness (QED) is 0.787. The monoisotopic (exact) mass is 380 g/mol. The summed E-state index contributed by atoms with van der Waals surface area (Å²) in [5, 5.41) is 2.58. The highest BCUT2D eigenvalue weighted by Crippen LogP contribution is 2.22. The Hall–Kier alpha value is -2.05. The summed E-state index contributed by atoms with van der Waals surface area (Å²) < 4.78 is 5.84. The van der Waals surface area contributed by atoms with Crippen LogP contribution < -0.4 is 5.32 Å². The van der Waals surface area contributed by atoms with Crippen molar-refractivity contribution in [2.24, 2.45) is 0 Å². The standard InChI is InChI=1S/C18H21ClN2O3S/c1-3-21(11-15-9-10-16(19)25-15)17(22)13(2)20-18(23)24-12-14-7-5-4-6-8-14/h4-10,13H,3,11-12H2,1-2H3,(H,20,23)/t13-/m0/s1. The molecule has 0 radical (unpaired) electrons. The predicted molar refractivity (Wildman–Crippen MR) is 99.6 cm³/mol. The lowest BCUT2D eigenvalue weighted by Crippen LogP contribution is -2.46. The molecule has 5 nitrogen and oxygen atoms in total. The number of hydrogen-bond acceptors (Lipinski definition) is 4. The lowest BCUT2D eigenvalue weighted by molar-refractivity contribution is -0.133. The van der Waals surface area contributed by atoms with Crippen LogP contribution in [-0.2, 0) is 22.7 Å². The average Bonchev–Trinajstić information content (AvgIpc) is 3.03. The lowest BCUT2D eigenvalue weighted by Gasteiger charge is -2.24. The van der Waals surface area contributed by atoms with E-state index in [2.05, 4.69) is 5.32 Å². The van der Waals surface area contributed by atoms with Crippen LogP contribution in [0.5, 0.6) is 0 Å². The summed E-state index contributed by atoms with van der Waals surface area (Å²) in [5.74, 6) is -0.163. The molecule has 0 aliphatic rings. The maximum Gasteiger partial charge on any atom is 0.408 e. The number of likely N-dealkylation sites (N-methyl/N-ethyl adjacent to an activating group) is 1. The van der Waals surface area contributed by atoms with Gasteiger partial charge in [-0.05, 0) is 31.5 Å². The van der Waals surface area contributed by atoms with Crippen molar-refractivity contribution in [2.45, 2.75) is 33.0 Å². The lowest BCUT2D eigenvalue weighted by atomic mass is 10.2. The van der Waals surface area contributed by atoms with E-state index in [4.69, 9.17) is 16.3 Å². The van der Waals surface area contributed by atoms with Gasteiger partial charge in [0.05, 0.1) is 10.9 Å². The van der Waals surface area contributed by atoms with Crippen molar-refractivity contribution in [3.63, 3.8) is 0 Å². The Morgan fingerprint density at radius 1 is 1.24 bits per heavy atom. The number of halogens is 1. The van der Waals surface area contributed by atoms with Crippen molar-refractivity contribution >= 4 is 34.9 Å². The molecule has 0 spiro atoms. The van der Waals surface area contributed by atoms with Crippen molar-refractivity contribution in [2.75, 3.05) is 6.54 Å². The van der Waals surface area contributed by atoms with Gasteiger partial charge in [0.2, 0.25) is 5.91 Å². The fourth-order valence-electron chi connectivity index (χ4n) is 2.25. The fourth-order valence-corrected chi connectivity index (χ4v) is 3.35. The highest BCUT2D eigenvalue weighted by Gasteiger charge is 2.22. The van der Waals surface area contributed by atoms with Gasteiger partial charge in [-0.2, -0.15) is 0 Å². The van der Waals surface area contributed by atoms with Crippen LogP contribution in [0.15, 0.2) is 42.5 Å². The smallest absolute Gasteiger partial charge is 0.408 e. The van der Waals surface area contributed by atoms with E-state index in [9.17, 15) is 9.59 Å². The molecular weight excluding hydrogens is 360 g/mol. The maximum atomic E-state index is 12.5. The first-order valence-electron chi connectivity index (χ1n) is 7.99. The zero-order valence-corrected chi connectivity index (χ0v) is 15.8. The minimum Gasteiger partial charge on any atom is -0.445 e. The highest BCUT2D eigenvalue weighted by molar-refractivity contribution is 7.16. The summed E-state index contributed by atoms with van der Waals surface area (Å²) in [4.78, 5) is 27.1.